The van der Waals surface area contributed by atoms with Gasteiger partial charge in [-0.05, 0) is 34.5 Å². The zero-order chi connectivity index (χ0) is 10.8. The summed E-state index contributed by atoms with van der Waals surface area (Å²) in [5.74, 6) is 0. The van der Waals surface area contributed by atoms with Crippen molar-refractivity contribution in [2.45, 2.75) is 26.4 Å². The molecule has 0 saturated carbocycles. The first-order chi connectivity index (χ1) is 7.16. The smallest absolute Gasteiger partial charge is 0.0346 e. The Bertz CT molecular complexity index is 462. The zero-order valence-electron chi connectivity index (χ0n) is 8.88. The third-order valence-corrected chi connectivity index (χ3v) is 3.82. The number of nitrogens with one attached hydrogen (secondary N) is 1. The SMILES string of the molecule is CC(C)NCc1csc2ccc(Br)cc12. The lowest BCUT2D eigenvalue weighted by Gasteiger charge is -2.06. The van der Waals surface area contributed by atoms with Crippen LogP contribution >= 0.6 is 27.3 Å². The molecule has 0 aliphatic heterocycles. The Morgan fingerprint density at radius 3 is 2.93 bits per heavy atom. The summed E-state index contributed by atoms with van der Waals surface area (Å²) < 4.78 is 2.51. The summed E-state index contributed by atoms with van der Waals surface area (Å²) in [5.41, 5.74) is 1.39. The lowest BCUT2D eigenvalue weighted by Crippen LogP contribution is -2.21. The molecule has 0 radical (unpaired) electrons. The Kier molecular flexibility index (Phi) is 3.44. The first-order valence-corrected chi connectivity index (χ1v) is 6.73. The first-order valence-electron chi connectivity index (χ1n) is 5.06. The second-order valence-corrected chi connectivity index (χ2v) is 5.76. The van der Waals surface area contributed by atoms with Crippen LogP contribution < -0.4 is 5.32 Å². The van der Waals surface area contributed by atoms with Crippen LogP contribution in [-0.4, -0.2) is 6.04 Å². The van der Waals surface area contributed by atoms with Crippen LogP contribution in [0.4, 0.5) is 0 Å². The summed E-state index contributed by atoms with van der Waals surface area (Å²) >= 11 is 5.33. The van der Waals surface area contributed by atoms with Crippen molar-refractivity contribution in [3.63, 3.8) is 0 Å². The van der Waals surface area contributed by atoms with Gasteiger partial charge in [-0.3, -0.25) is 0 Å². The van der Waals surface area contributed by atoms with Gasteiger partial charge >= 0.3 is 0 Å². The lowest BCUT2D eigenvalue weighted by atomic mass is 10.2. The van der Waals surface area contributed by atoms with Gasteiger partial charge in [0, 0.05) is 21.8 Å². The van der Waals surface area contributed by atoms with E-state index in [1.54, 1.807) is 0 Å². The molecule has 80 valence electrons. The second kappa shape index (κ2) is 4.64. The molecule has 0 amide bonds. The van der Waals surface area contributed by atoms with Crippen LogP contribution in [-0.2, 0) is 6.54 Å². The summed E-state index contributed by atoms with van der Waals surface area (Å²) in [6, 6.07) is 7.00. The van der Waals surface area contributed by atoms with E-state index in [4.69, 9.17) is 0 Å². The van der Waals surface area contributed by atoms with E-state index in [9.17, 15) is 0 Å². The summed E-state index contributed by atoms with van der Waals surface area (Å²) in [7, 11) is 0. The molecule has 2 aromatic rings. The van der Waals surface area contributed by atoms with Gasteiger partial charge in [0.2, 0.25) is 0 Å². The van der Waals surface area contributed by atoms with E-state index in [0.717, 1.165) is 11.0 Å². The van der Waals surface area contributed by atoms with Crippen LogP contribution in [0.2, 0.25) is 0 Å². The highest BCUT2D eigenvalue weighted by Crippen LogP contribution is 2.28. The molecule has 0 aliphatic rings. The molecular formula is C12H14BrNS. The maximum Gasteiger partial charge on any atom is 0.0346 e. The summed E-state index contributed by atoms with van der Waals surface area (Å²) in [4.78, 5) is 0. The number of thiophene rings is 1. The van der Waals surface area contributed by atoms with E-state index in [1.165, 1.54) is 15.6 Å². The molecule has 0 aliphatic carbocycles. The Morgan fingerprint density at radius 2 is 2.20 bits per heavy atom. The fourth-order valence-electron chi connectivity index (χ4n) is 1.50. The van der Waals surface area contributed by atoms with Gasteiger partial charge in [0.1, 0.15) is 0 Å². The molecule has 0 bridgehead atoms. The molecule has 0 spiro atoms. The summed E-state index contributed by atoms with van der Waals surface area (Å²) in [6.45, 7) is 5.29. The van der Waals surface area contributed by atoms with Gasteiger partial charge in [0.05, 0.1) is 0 Å². The number of hydrogen-bond acceptors (Lipinski definition) is 2. The van der Waals surface area contributed by atoms with Crippen LogP contribution in [0.3, 0.4) is 0 Å². The molecule has 0 unspecified atom stereocenters. The van der Waals surface area contributed by atoms with Crippen LogP contribution in [0, 0.1) is 0 Å². The molecule has 1 aromatic carbocycles. The van der Waals surface area contributed by atoms with Gasteiger partial charge in [0.25, 0.3) is 0 Å². The van der Waals surface area contributed by atoms with Crippen molar-refractivity contribution in [2.24, 2.45) is 0 Å². The van der Waals surface area contributed by atoms with Crippen LogP contribution in [0.1, 0.15) is 19.4 Å². The topological polar surface area (TPSA) is 12.0 Å². The maximum absolute atomic E-state index is 3.52. The van der Waals surface area contributed by atoms with Crippen molar-refractivity contribution >= 4 is 37.4 Å². The fraction of sp³-hybridized carbons (Fsp3) is 0.333. The fourth-order valence-corrected chi connectivity index (χ4v) is 2.81. The van der Waals surface area contributed by atoms with E-state index >= 15 is 0 Å². The monoisotopic (exact) mass is 283 g/mol. The van der Waals surface area contributed by atoms with Gasteiger partial charge in [-0.15, -0.1) is 11.3 Å². The van der Waals surface area contributed by atoms with Crippen LogP contribution in [0.25, 0.3) is 10.1 Å². The van der Waals surface area contributed by atoms with Crippen molar-refractivity contribution in [1.29, 1.82) is 0 Å². The second-order valence-electron chi connectivity index (χ2n) is 3.94. The van der Waals surface area contributed by atoms with Gasteiger partial charge in [0.15, 0.2) is 0 Å². The van der Waals surface area contributed by atoms with Gasteiger partial charge in [-0.1, -0.05) is 29.8 Å². The van der Waals surface area contributed by atoms with E-state index in [1.807, 2.05) is 11.3 Å². The van der Waals surface area contributed by atoms with Gasteiger partial charge in [-0.25, -0.2) is 0 Å². The van der Waals surface area contributed by atoms with E-state index in [-0.39, 0.29) is 0 Å². The first kappa shape index (κ1) is 11.1. The number of hydrogen-bond donors (Lipinski definition) is 1. The Balaban J connectivity index is 2.31. The average molecular weight is 284 g/mol. The number of halogens is 1. The molecule has 0 atom stereocenters. The molecule has 1 nitrogen and oxygen atoms in total. The van der Waals surface area contributed by atoms with Crippen molar-refractivity contribution < 1.29 is 0 Å². The lowest BCUT2D eigenvalue weighted by molar-refractivity contribution is 0.591. The third kappa shape index (κ3) is 2.60. The number of benzene rings is 1. The van der Waals surface area contributed by atoms with Gasteiger partial charge < -0.3 is 5.32 Å². The minimum Gasteiger partial charge on any atom is -0.310 e. The number of fused-ring (bicyclic) bond motifs is 1. The summed E-state index contributed by atoms with van der Waals surface area (Å²) in [6.07, 6.45) is 0. The Hall–Kier alpha value is -0.380. The molecule has 0 fully saturated rings. The molecule has 0 saturated heterocycles. The largest absolute Gasteiger partial charge is 0.310 e. The molecular weight excluding hydrogens is 270 g/mol. The van der Waals surface area contributed by atoms with E-state index in [0.29, 0.717) is 6.04 Å². The van der Waals surface area contributed by atoms with Crippen molar-refractivity contribution in [3.05, 3.63) is 33.6 Å². The van der Waals surface area contributed by atoms with Crippen LogP contribution in [0.15, 0.2) is 28.1 Å². The van der Waals surface area contributed by atoms with Crippen molar-refractivity contribution in [2.75, 3.05) is 0 Å². The van der Waals surface area contributed by atoms with Crippen LogP contribution in [0.5, 0.6) is 0 Å². The molecule has 3 heteroatoms. The average Bonchev–Trinajstić information content (AvgIpc) is 2.57. The molecule has 1 aromatic heterocycles. The van der Waals surface area contributed by atoms with Crippen molar-refractivity contribution in [3.8, 4) is 0 Å². The molecule has 15 heavy (non-hydrogen) atoms. The Labute approximate surface area is 103 Å². The minimum absolute atomic E-state index is 0.534. The number of rotatable bonds is 3. The highest BCUT2D eigenvalue weighted by atomic mass is 79.9. The van der Waals surface area contributed by atoms with E-state index in [2.05, 4.69) is 58.7 Å². The van der Waals surface area contributed by atoms with Gasteiger partial charge in [-0.2, -0.15) is 0 Å². The zero-order valence-corrected chi connectivity index (χ0v) is 11.3. The van der Waals surface area contributed by atoms with E-state index < -0.39 is 0 Å². The quantitative estimate of drug-likeness (QED) is 0.892. The Morgan fingerprint density at radius 1 is 1.40 bits per heavy atom. The molecule has 1 heterocycles. The third-order valence-electron chi connectivity index (χ3n) is 2.32. The molecule has 1 N–H and O–H groups in total. The highest BCUT2D eigenvalue weighted by molar-refractivity contribution is 9.10. The predicted octanol–water partition coefficient (Wildman–Crippen LogP) is 4.16. The minimum atomic E-state index is 0.534. The summed E-state index contributed by atoms with van der Waals surface area (Å²) in [5, 5.41) is 7.06. The predicted molar refractivity (Wildman–Crippen MR) is 71.5 cm³/mol. The standard InChI is InChI=1S/C12H14BrNS/c1-8(2)14-6-9-7-15-12-4-3-10(13)5-11(9)12/h3-5,7-8,14H,6H2,1-2H3. The highest BCUT2D eigenvalue weighted by Gasteiger charge is 2.04. The normalized spacial score (nSPS) is 11.5. The van der Waals surface area contributed by atoms with Crippen molar-refractivity contribution in [1.82, 2.24) is 5.32 Å². The maximum atomic E-state index is 3.52. The molecule has 2 rings (SSSR count).